The van der Waals surface area contributed by atoms with Crippen LogP contribution in [0.2, 0.25) is 0 Å². The molecule has 0 aliphatic carbocycles. The first-order valence-corrected chi connectivity index (χ1v) is 8.49. The first-order chi connectivity index (χ1) is 12.8. The van der Waals surface area contributed by atoms with Crippen LogP contribution in [-0.4, -0.2) is 39.1 Å². The number of hydrogen-bond donors (Lipinski definition) is 2. The highest BCUT2D eigenvalue weighted by atomic mass is 16.5. The molecule has 1 aromatic carbocycles. The number of ether oxygens (including phenoxy) is 1. The number of carbonyl (C=O) groups excluding carboxylic acids is 1. The molecule has 0 atom stereocenters. The fourth-order valence-electron chi connectivity index (χ4n) is 3.03. The molecule has 0 aliphatic heterocycles. The van der Waals surface area contributed by atoms with Gasteiger partial charge in [-0.25, -0.2) is 0 Å². The zero-order chi connectivity index (χ0) is 17.9. The second kappa shape index (κ2) is 6.87. The number of rotatable bonds is 6. The van der Waals surface area contributed by atoms with Gasteiger partial charge in [-0.05, 0) is 36.8 Å². The minimum Gasteiger partial charge on any atom is -0.496 e. The van der Waals surface area contributed by atoms with Crippen molar-refractivity contribution in [1.29, 1.82) is 0 Å². The highest BCUT2D eigenvalue weighted by molar-refractivity contribution is 5.99. The molecule has 0 fully saturated rings. The van der Waals surface area contributed by atoms with E-state index in [2.05, 4.69) is 20.5 Å². The van der Waals surface area contributed by atoms with Crippen molar-refractivity contribution in [3.63, 3.8) is 0 Å². The molecule has 26 heavy (non-hydrogen) atoms. The summed E-state index contributed by atoms with van der Waals surface area (Å²) < 4.78 is 7.29. The van der Waals surface area contributed by atoms with Crippen LogP contribution >= 0.6 is 0 Å². The number of pyridine rings is 1. The Morgan fingerprint density at radius 2 is 2.15 bits per heavy atom. The molecule has 1 amide bonds. The fraction of sp³-hybridized carbons (Fsp3) is 0.211. The maximum absolute atomic E-state index is 12.4. The number of aromatic nitrogens is 4. The zero-order valence-corrected chi connectivity index (χ0v) is 14.4. The first kappa shape index (κ1) is 16.1. The molecule has 0 spiro atoms. The lowest BCUT2D eigenvalue weighted by atomic mass is 10.2. The van der Waals surface area contributed by atoms with E-state index in [0.29, 0.717) is 12.2 Å². The van der Waals surface area contributed by atoms with Crippen molar-refractivity contribution >= 4 is 22.5 Å². The third-order valence-corrected chi connectivity index (χ3v) is 4.34. The Bertz CT molecular complexity index is 1070. The van der Waals surface area contributed by atoms with Crippen molar-refractivity contribution in [2.24, 2.45) is 0 Å². The second-order valence-corrected chi connectivity index (χ2v) is 6.01. The Kier molecular flexibility index (Phi) is 4.27. The van der Waals surface area contributed by atoms with Gasteiger partial charge in [-0.15, -0.1) is 10.2 Å². The van der Waals surface area contributed by atoms with Crippen molar-refractivity contribution < 1.29 is 9.53 Å². The predicted molar refractivity (Wildman–Crippen MR) is 98.5 cm³/mol. The second-order valence-electron chi connectivity index (χ2n) is 6.01. The van der Waals surface area contributed by atoms with Crippen molar-refractivity contribution in [3.05, 3.63) is 60.2 Å². The van der Waals surface area contributed by atoms with E-state index < -0.39 is 0 Å². The Hall–Kier alpha value is -3.35. The summed E-state index contributed by atoms with van der Waals surface area (Å²) in [4.78, 5) is 15.5. The van der Waals surface area contributed by atoms with E-state index in [9.17, 15) is 4.79 Å². The molecule has 0 saturated heterocycles. The molecule has 132 valence electrons. The van der Waals surface area contributed by atoms with Gasteiger partial charge in [-0.1, -0.05) is 12.1 Å². The summed E-state index contributed by atoms with van der Waals surface area (Å²) in [5, 5.41) is 12.2. The zero-order valence-electron chi connectivity index (χ0n) is 14.4. The average Bonchev–Trinajstić information content (AvgIpc) is 3.29. The monoisotopic (exact) mass is 349 g/mol. The van der Waals surface area contributed by atoms with E-state index >= 15 is 0 Å². The topological polar surface area (TPSA) is 84.3 Å². The minimum atomic E-state index is -0.130. The SMILES string of the molecule is COc1cccc2[nH]c(C(=O)NCCCc3nnc4ccccn34)cc12. The van der Waals surface area contributed by atoms with E-state index in [4.69, 9.17) is 4.74 Å². The molecule has 4 rings (SSSR count). The number of aryl methyl sites for hydroxylation is 1. The lowest BCUT2D eigenvalue weighted by molar-refractivity contribution is 0.0949. The summed E-state index contributed by atoms with van der Waals surface area (Å²) in [7, 11) is 1.62. The van der Waals surface area contributed by atoms with Crippen molar-refractivity contribution in [2.45, 2.75) is 12.8 Å². The van der Waals surface area contributed by atoms with Crippen molar-refractivity contribution in [3.8, 4) is 5.75 Å². The largest absolute Gasteiger partial charge is 0.496 e. The number of hydrogen-bond acceptors (Lipinski definition) is 4. The van der Waals surface area contributed by atoms with E-state index in [1.165, 1.54) is 0 Å². The molecule has 7 nitrogen and oxygen atoms in total. The Balaban J connectivity index is 1.37. The van der Waals surface area contributed by atoms with Crippen LogP contribution in [-0.2, 0) is 6.42 Å². The number of benzene rings is 1. The fourth-order valence-corrected chi connectivity index (χ4v) is 3.03. The van der Waals surface area contributed by atoms with Crippen LogP contribution < -0.4 is 10.1 Å². The van der Waals surface area contributed by atoms with Gasteiger partial charge in [0, 0.05) is 30.1 Å². The first-order valence-electron chi connectivity index (χ1n) is 8.49. The van der Waals surface area contributed by atoms with Crippen molar-refractivity contribution in [2.75, 3.05) is 13.7 Å². The maximum atomic E-state index is 12.4. The highest BCUT2D eigenvalue weighted by Crippen LogP contribution is 2.25. The van der Waals surface area contributed by atoms with Crippen molar-refractivity contribution in [1.82, 2.24) is 24.9 Å². The van der Waals surface area contributed by atoms with Crippen LogP contribution in [0.25, 0.3) is 16.6 Å². The number of H-pyrrole nitrogens is 1. The van der Waals surface area contributed by atoms with Crippen LogP contribution in [0, 0.1) is 0 Å². The van der Waals surface area contributed by atoms with Gasteiger partial charge in [0.05, 0.1) is 7.11 Å². The van der Waals surface area contributed by atoms with Gasteiger partial charge in [-0.3, -0.25) is 9.20 Å². The van der Waals surface area contributed by atoms with E-state index in [1.807, 2.05) is 53.1 Å². The number of carbonyl (C=O) groups is 1. The van der Waals surface area contributed by atoms with Crippen LogP contribution in [0.3, 0.4) is 0 Å². The van der Waals surface area contributed by atoms with Crippen LogP contribution in [0.5, 0.6) is 5.75 Å². The molecule has 0 bridgehead atoms. The molecule has 0 radical (unpaired) electrons. The molecule has 4 aromatic rings. The standard InChI is InChI=1S/C19H19N5O2/c1-26-16-7-4-6-14-13(16)12-15(21-14)19(25)20-10-5-9-18-23-22-17-8-2-3-11-24(17)18/h2-4,6-8,11-12,21H,5,9-10H2,1H3,(H,20,25). The molecular formula is C19H19N5O2. The van der Waals surface area contributed by atoms with Crippen LogP contribution in [0.15, 0.2) is 48.7 Å². The molecular weight excluding hydrogens is 330 g/mol. The molecule has 0 aliphatic rings. The number of methoxy groups -OCH3 is 1. The lowest BCUT2D eigenvalue weighted by Crippen LogP contribution is -2.25. The molecule has 7 heteroatoms. The number of fused-ring (bicyclic) bond motifs is 2. The summed E-state index contributed by atoms with van der Waals surface area (Å²) in [6.45, 7) is 0.563. The predicted octanol–water partition coefficient (Wildman–Crippen LogP) is 2.58. The summed E-state index contributed by atoms with van der Waals surface area (Å²) in [6, 6.07) is 13.3. The number of nitrogens with zero attached hydrogens (tertiary/aromatic N) is 3. The Morgan fingerprint density at radius 1 is 1.23 bits per heavy atom. The summed E-state index contributed by atoms with van der Waals surface area (Å²) >= 11 is 0. The number of amides is 1. The Labute approximate surface area is 150 Å². The van der Waals surface area contributed by atoms with Gasteiger partial charge in [0.25, 0.3) is 5.91 Å². The normalized spacial score (nSPS) is 11.1. The molecule has 0 unspecified atom stereocenters. The van der Waals surface area contributed by atoms with Gasteiger partial charge >= 0.3 is 0 Å². The smallest absolute Gasteiger partial charge is 0.267 e. The molecule has 3 aromatic heterocycles. The van der Waals surface area contributed by atoms with Gasteiger partial charge < -0.3 is 15.0 Å². The Morgan fingerprint density at radius 3 is 3.04 bits per heavy atom. The third-order valence-electron chi connectivity index (χ3n) is 4.34. The molecule has 2 N–H and O–H groups in total. The van der Waals surface area contributed by atoms with Gasteiger partial charge in [0.15, 0.2) is 5.65 Å². The highest BCUT2D eigenvalue weighted by Gasteiger charge is 2.12. The molecule has 0 saturated carbocycles. The van der Waals surface area contributed by atoms with E-state index in [0.717, 1.165) is 41.0 Å². The van der Waals surface area contributed by atoms with Crippen LogP contribution in [0.4, 0.5) is 0 Å². The van der Waals surface area contributed by atoms with Gasteiger partial charge in [0.2, 0.25) is 0 Å². The van der Waals surface area contributed by atoms with Gasteiger partial charge in [0.1, 0.15) is 17.3 Å². The minimum absolute atomic E-state index is 0.130. The van der Waals surface area contributed by atoms with Gasteiger partial charge in [-0.2, -0.15) is 0 Å². The van der Waals surface area contributed by atoms with E-state index in [1.54, 1.807) is 7.11 Å². The number of nitrogens with one attached hydrogen (secondary N) is 2. The summed E-state index contributed by atoms with van der Waals surface area (Å²) in [6.07, 6.45) is 3.47. The average molecular weight is 349 g/mol. The lowest BCUT2D eigenvalue weighted by Gasteiger charge is -2.03. The third kappa shape index (κ3) is 2.99. The summed E-state index contributed by atoms with van der Waals surface area (Å²) in [5.74, 6) is 1.51. The maximum Gasteiger partial charge on any atom is 0.267 e. The molecule has 3 heterocycles. The van der Waals surface area contributed by atoms with E-state index in [-0.39, 0.29) is 5.91 Å². The van der Waals surface area contributed by atoms with Crippen LogP contribution in [0.1, 0.15) is 22.7 Å². The number of aromatic amines is 1. The summed E-state index contributed by atoms with van der Waals surface area (Å²) in [5.41, 5.74) is 2.24. The quantitative estimate of drug-likeness (QED) is 0.524.